The maximum absolute atomic E-state index is 10.3. The number of phenols is 1. The van der Waals surface area contributed by atoms with Crippen LogP contribution >= 0.6 is 0 Å². The van der Waals surface area contributed by atoms with Crippen LogP contribution in [0, 0.1) is 0 Å². The molecule has 1 N–H and O–H groups in total. The van der Waals surface area contributed by atoms with E-state index in [4.69, 9.17) is 4.74 Å². The second-order valence-electron chi connectivity index (χ2n) is 10.5. The van der Waals surface area contributed by atoms with Crippen molar-refractivity contribution in [3.8, 4) is 11.5 Å². The number of methoxy groups -OCH3 is 1. The second kappa shape index (κ2) is 22.3. The Hall–Kier alpha value is -1.18. The number of aromatic hydroxyl groups is 1. The molecule has 0 heterocycles. The molecule has 0 aliphatic rings. The molecule has 0 fully saturated rings. The van der Waals surface area contributed by atoms with Gasteiger partial charge in [-0.1, -0.05) is 142 Å². The highest BCUT2D eigenvalue weighted by Crippen LogP contribution is 2.34. The third-order valence-corrected chi connectivity index (χ3v) is 7.37. The van der Waals surface area contributed by atoms with E-state index in [0.29, 0.717) is 5.75 Å². The van der Waals surface area contributed by atoms with E-state index in [1.807, 2.05) is 6.07 Å². The van der Waals surface area contributed by atoms with Gasteiger partial charge in [-0.2, -0.15) is 0 Å². The van der Waals surface area contributed by atoms with E-state index in [1.54, 1.807) is 7.11 Å². The molecule has 0 aliphatic carbocycles. The van der Waals surface area contributed by atoms with E-state index in [1.165, 1.54) is 146 Å². The average molecular weight is 475 g/mol. The van der Waals surface area contributed by atoms with Crippen molar-refractivity contribution in [2.75, 3.05) is 7.11 Å². The monoisotopic (exact) mass is 474 g/mol. The zero-order valence-electron chi connectivity index (χ0n) is 23.3. The molecule has 0 saturated heterocycles. The molecule has 1 aromatic carbocycles. The van der Waals surface area contributed by atoms with Crippen molar-refractivity contribution in [1.82, 2.24) is 0 Å². The molecule has 198 valence electrons. The van der Waals surface area contributed by atoms with Gasteiger partial charge in [0.1, 0.15) is 0 Å². The molecule has 0 saturated carbocycles. The van der Waals surface area contributed by atoms with Crippen LogP contribution in [0.25, 0.3) is 0 Å². The molecule has 2 nitrogen and oxygen atoms in total. The Morgan fingerprint density at radius 2 is 0.912 bits per heavy atom. The van der Waals surface area contributed by atoms with Gasteiger partial charge in [0.2, 0.25) is 0 Å². The van der Waals surface area contributed by atoms with Crippen LogP contribution in [-0.4, -0.2) is 12.2 Å². The first kappa shape index (κ1) is 30.9. The summed E-state index contributed by atoms with van der Waals surface area (Å²) in [6.45, 7) is 4.57. The maximum atomic E-state index is 10.3. The third-order valence-electron chi connectivity index (χ3n) is 7.37. The van der Waals surface area contributed by atoms with Crippen LogP contribution in [0.5, 0.6) is 11.5 Å². The highest BCUT2D eigenvalue weighted by molar-refractivity contribution is 5.50. The van der Waals surface area contributed by atoms with Crippen LogP contribution < -0.4 is 4.74 Å². The summed E-state index contributed by atoms with van der Waals surface area (Å²) >= 11 is 0. The van der Waals surface area contributed by atoms with Gasteiger partial charge < -0.3 is 9.84 Å². The third kappa shape index (κ3) is 14.9. The standard InChI is InChI=1S/C32H58O2/c1-4-6-8-10-12-14-16-17-19-21-23-25-29-27-28-31(33)32(34-3)30(29)26-24-22-20-18-15-13-11-9-7-5-2/h27-28,33H,4-26H2,1-3H3. The zero-order chi connectivity index (χ0) is 24.7. The van der Waals surface area contributed by atoms with Gasteiger partial charge in [0, 0.05) is 5.56 Å². The highest BCUT2D eigenvalue weighted by Gasteiger charge is 2.13. The van der Waals surface area contributed by atoms with Crippen molar-refractivity contribution < 1.29 is 9.84 Å². The fraction of sp³-hybridized carbons (Fsp3) is 0.812. The minimum absolute atomic E-state index is 0.298. The SMILES string of the molecule is CCCCCCCCCCCCCc1ccc(O)c(OC)c1CCCCCCCCCCCC. The predicted molar refractivity (Wildman–Crippen MR) is 150 cm³/mol. The van der Waals surface area contributed by atoms with Gasteiger partial charge in [0.25, 0.3) is 0 Å². The van der Waals surface area contributed by atoms with Gasteiger partial charge in [-0.05, 0) is 37.3 Å². The second-order valence-corrected chi connectivity index (χ2v) is 10.5. The van der Waals surface area contributed by atoms with Gasteiger partial charge in [0.05, 0.1) is 7.11 Å². The van der Waals surface area contributed by atoms with E-state index < -0.39 is 0 Å². The van der Waals surface area contributed by atoms with Crippen molar-refractivity contribution in [3.05, 3.63) is 23.3 Å². The van der Waals surface area contributed by atoms with Crippen LogP contribution in [0.3, 0.4) is 0 Å². The molecule has 0 unspecified atom stereocenters. The number of ether oxygens (including phenoxy) is 1. The Kier molecular flexibility index (Phi) is 20.2. The average Bonchev–Trinajstić information content (AvgIpc) is 2.84. The fourth-order valence-corrected chi connectivity index (χ4v) is 5.16. The lowest BCUT2D eigenvalue weighted by Gasteiger charge is -2.15. The molecular weight excluding hydrogens is 416 g/mol. The molecule has 2 heteroatoms. The highest BCUT2D eigenvalue weighted by atomic mass is 16.5. The normalized spacial score (nSPS) is 11.3. The molecule has 1 aromatic rings. The quantitative estimate of drug-likeness (QED) is 0.151. The topological polar surface area (TPSA) is 29.5 Å². The van der Waals surface area contributed by atoms with Crippen molar-refractivity contribution in [2.24, 2.45) is 0 Å². The van der Waals surface area contributed by atoms with E-state index in [2.05, 4.69) is 19.9 Å². The molecule has 1 rings (SSSR count). The molecule has 0 aliphatic heterocycles. The van der Waals surface area contributed by atoms with Crippen molar-refractivity contribution in [1.29, 1.82) is 0 Å². The Morgan fingerprint density at radius 1 is 0.529 bits per heavy atom. The smallest absolute Gasteiger partial charge is 0.163 e. The number of hydrogen-bond donors (Lipinski definition) is 1. The van der Waals surface area contributed by atoms with Crippen LogP contribution in [0.2, 0.25) is 0 Å². The Bertz CT molecular complexity index is 581. The van der Waals surface area contributed by atoms with E-state index in [-0.39, 0.29) is 0 Å². The summed E-state index contributed by atoms with van der Waals surface area (Å²) in [5, 5.41) is 10.3. The summed E-state index contributed by atoms with van der Waals surface area (Å²) in [7, 11) is 1.70. The largest absolute Gasteiger partial charge is 0.504 e. The molecule has 0 atom stereocenters. The summed E-state index contributed by atoms with van der Waals surface area (Å²) in [5.41, 5.74) is 2.65. The Morgan fingerprint density at radius 3 is 1.32 bits per heavy atom. The zero-order valence-corrected chi connectivity index (χ0v) is 23.3. The lowest BCUT2D eigenvalue weighted by Crippen LogP contribution is -2.00. The number of rotatable bonds is 24. The van der Waals surface area contributed by atoms with Crippen LogP contribution in [0.4, 0.5) is 0 Å². The molecule has 34 heavy (non-hydrogen) atoms. The number of aryl methyl sites for hydroxylation is 1. The van der Waals surface area contributed by atoms with Gasteiger partial charge >= 0.3 is 0 Å². The van der Waals surface area contributed by atoms with Crippen molar-refractivity contribution in [2.45, 2.75) is 162 Å². The molecule has 0 aromatic heterocycles. The van der Waals surface area contributed by atoms with Gasteiger partial charge in [-0.3, -0.25) is 0 Å². The number of unbranched alkanes of at least 4 members (excludes halogenated alkanes) is 19. The summed E-state index contributed by atoms with van der Waals surface area (Å²) in [4.78, 5) is 0. The van der Waals surface area contributed by atoms with Gasteiger partial charge in [-0.25, -0.2) is 0 Å². The lowest BCUT2D eigenvalue weighted by molar-refractivity contribution is 0.367. The van der Waals surface area contributed by atoms with E-state index in [0.717, 1.165) is 18.6 Å². The first-order valence-corrected chi connectivity index (χ1v) is 15.1. The number of phenolic OH excluding ortho intramolecular Hbond substituents is 1. The minimum atomic E-state index is 0.298. The van der Waals surface area contributed by atoms with Gasteiger partial charge in [-0.15, -0.1) is 0 Å². The number of benzene rings is 1. The predicted octanol–water partition coefficient (Wildman–Crippen LogP) is 10.7. The number of hydrogen-bond acceptors (Lipinski definition) is 2. The Labute approximate surface area is 213 Å². The lowest BCUT2D eigenvalue weighted by atomic mass is 9.95. The minimum Gasteiger partial charge on any atom is -0.504 e. The Balaban J connectivity index is 2.26. The molecule has 0 spiro atoms. The first-order chi connectivity index (χ1) is 16.7. The molecule has 0 bridgehead atoms. The van der Waals surface area contributed by atoms with Crippen LogP contribution in [0.15, 0.2) is 12.1 Å². The van der Waals surface area contributed by atoms with E-state index >= 15 is 0 Å². The molecular formula is C32H58O2. The van der Waals surface area contributed by atoms with E-state index in [9.17, 15) is 5.11 Å². The van der Waals surface area contributed by atoms with Gasteiger partial charge in [0.15, 0.2) is 11.5 Å². The van der Waals surface area contributed by atoms with Crippen molar-refractivity contribution >= 4 is 0 Å². The summed E-state index contributed by atoms with van der Waals surface area (Å²) < 4.78 is 5.62. The maximum Gasteiger partial charge on any atom is 0.163 e. The first-order valence-electron chi connectivity index (χ1n) is 15.1. The molecule has 0 radical (unpaired) electrons. The van der Waals surface area contributed by atoms with Crippen LogP contribution in [0.1, 0.15) is 160 Å². The fourth-order valence-electron chi connectivity index (χ4n) is 5.16. The molecule has 0 amide bonds. The summed E-state index contributed by atoms with van der Waals surface area (Å²) in [5.74, 6) is 1.02. The summed E-state index contributed by atoms with van der Waals surface area (Å²) in [6, 6.07) is 3.97. The van der Waals surface area contributed by atoms with Crippen LogP contribution in [-0.2, 0) is 12.8 Å². The van der Waals surface area contributed by atoms with Crippen molar-refractivity contribution in [3.63, 3.8) is 0 Å². The summed E-state index contributed by atoms with van der Waals surface area (Å²) in [6.07, 6.45) is 30.8.